The van der Waals surface area contributed by atoms with Crippen LogP contribution in [0.1, 0.15) is 36.8 Å². The van der Waals surface area contributed by atoms with Crippen LogP contribution in [0.3, 0.4) is 0 Å². The quantitative estimate of drug-likeness (QED) is 0.675. The van der Waals surface area contributed by atoms with Crippen molar-refractivity contribution in [3.05, 3.63) is 47.5 Å². The van der Waals surface area contributed by atoms with Crippen LogP contribution < -0.4 is 0 Å². The minimum absolute atomic E-state index is 0.245. The minimum Gasteiger partial charge on any atom is -0.275 e. The van der Waals surface area contributed by atoms with Crippen molar-refractivity contribution in [2.45, 2.75) is 37.4 Å². The van der Waals surface area contributed by atoms with Crippen LogP contribution in [0.2, 0.25) is 0 Å². The van der Waals surface area contributed by atoms with Gasteiger partial charge < -0.3 is 0 Å². The molecule has 4 aliphatic rings. The molecule has 1 aliphatic heterocycles. The molecule has 0 radical (unpaired) electrons. The van der Waals surface area contributed by atoms with Crippen LogP contribution in [0.5, 0.6) is 0 Å². The fourth-order valence-corrected chi connectivity index (χ4v) is 4.32. The average Bonchev–Trinajstić information content (AvgIpc) is 2.56. The van der Waals surface area contributed by atoms with Crippen LogP contribution in [0.15, 0.2) is 36.4 Å². The van der Waals surface area contributed by atoms with Crippen LogP contribution in [-0.2, 0) is 14.4 Å². The van der Waals surface area contributed by atoms with Crippen LogP contribution in [0.25, 0.3) is 0 Å². The molecule has 5 rings (SSSR count). The number of imide groups is 4. The molecule has 6 nitrogen and oxygen atoms in total. The molecule has 5 amide bonds. The summed E-state index contributed by atoms with van der Waals surface area (Å²) >= 11 is 0. The standard InChI is InChI=1S/C18H15FN2O4/c1-9(22)20-15-13-7-8-14(12-6-4-3-5-11(12)13)18(15,19)16(24)21(10(2)23)17(20)25/h3-8,13-15H,1-2H3/t13-,14+,15+,18+/m0/s1. The van der Waals surface area contributed by atoms with Gasteiger partial charge in [-0.3, -0.25) is 19.3 Å². The lowest BCUT2D eigenvalue weighted by atomic mass is 9.59. The number of amides is 5. The average molecular weight is 342 g/mol. The molecule has 0 spiro atoms. The third-order valence-electron chi connectivity index (χ3n) is 5.28. The van der Waals surface area contributed by atoms with E-state index in [9.17, 15) is 19.2 Å². The van der Waals surface area contributed by atoms with Gasteiger partial charge in [0.1, 0.15) is 0 Å². The van der Waals surface area contributed by atoms with E-state index in [1.807, 2.05) is 0 Å². The van der Waals surface area contributed by atoms with Crippen LogP contribution in [0.4, 0.5) is 9.18 Å². The Kier molecular flexibility index (Phi) is 3.04. The van der Waals surface area contributed by atoms with Gasteiger partial charge in [-0.05, 0) is 11.1 Å². The second-order valence-corrected chi connectivity index (χ2v) is 6.56. The summed E-state index contributed by atoms with van der Waals surface area (Å²) in [4.78, 5) is 50.4. The molecule has 128 valence electrons. The summed E-state index contributed by atoms with van der Waals surface area (Å²) in [6.45, 7) is 2.13. The number of carbonyl (C=O) groups is 4. The van der Waals surface area contributed by atoms with Crippen molar-refractivity contribution < 1.29 is 23.6 Å². The fourth-order valence-electron chi connectivity index (χ4n) is 4.32. The highest BCUT2D eigenvalue weighted by Gasteiger charge is 2.69. The Morgan fingerprint density at radius 3 is 2.28 bits per heavy atom. The predicted molar refractivity (Wildman–Crippen MR) is 84.1 cm³/mol. The Morgan fingerprint density at radius 2 is 1.68 bits per heavy atom. The third kappa shape index (κ3) is 1.72. The smallest absolute Gasteiger partial charge is 0.275 e. The second kappa shape index (κ2) is 4.84. The zero-order valence-electron chi connectivity index (χ0n) is 13.6. The number of halogens is 1. The summed E-state index contributed by atoms with van der Waals surface area (Å²) in [7, 11) is 0. The lowest BCUT2D eigenvalue weighted by Gasteiger charge is -2.55. The molecular formula is C18H15FN2O4. The number of hydrogen-bond acceptors (Lipinski definition) is 4. The monoisotopic (exact) mass is 342 g/mol. The molecule has 1 saturated heterocycles. The summed E-state index contributed by atoms with van der Waals surface area (Å²) in [5.74, 6) is -4.38. The third-order valence-corrected chi connectivity index (χ3v) is 5.28. The van der Waals surface area contributed by atoms with E-state index in [-0.39, 0.29) is 4.90 Å². The van der Waals surface area contributed by atoms with Crippen LogP contribution >= 0.6 is 0 Å². The maximum Gasteiger partial charge on any atom is 0.340 e. The SMILES string of the molecule is CC(=O)N1C(=O)N(C(C)=O)[C@@H]2[C@H]3C=C[C@H](c4ccccc43)[C@]2(F)C1=O. The predicted octanol–water partition coefficient (Wildman–Crippen LogP) is 1.87. The molecule has 0 saturated carbocycles. The summed E-state index contributed by atoms with van der Waals surface area (Å²) in [6.07, 6.45) is 3.32. The molecule has 0 N–H and O–H groups in total. The lowest BCUT2D eigenvalue weighted by molar-refractivity contribution is -0.163. The second-order valence-electron chi connectivity index (χ2n) is 6.56. The normalized spacial score (nSPS) is 32.5. The highest BCUT2D eigenvalue weighted by atomic mass is 19.1. The first kappa shape index (κ1) is 15.7. The van der Waals surface area contributed by atoms with Crippen molar-refractivity contribution >= 4 is 23.8 Å². The lowest BCUT2D eigenvalue weighted by Crippen LogP contribution is -2.75. The number of allylic oxidation sites excluding steroid dienone is 1. The molecule has 2 bridgehead atoms. The molecule has 1 aromatic carbocycles. The Balaban J connectivity index is 2.00. The minimum atomic E-state index is -2.56. The van der Waals surface area contributed by atoms with E-state index in [0.29, 0.717) is 5.56 Å². The van der Waals surface area contributed by atoms with Crippen LogP contribution in [0, 0.1) is 0 Å². The van der Waals surface area contributed by atoms with Crippen molar-refractivity contribution in [1.82, 2.24) is 9.80 Å². The number of urea groups is 1. The molecule has 1 aromatic rings. The van der Waals surface area contributed by atoms with Crippen molar-refractivity contribution in [3.8, 4) is 0 Å². The van der Waals surface area contributed by atoms with Gasteiger partial charge in [0.2, 0.25) is 17.5 Å². The van der Waals surface area contributed by atoms with Gasteiger partial charge >= 0.3 is 6.03 Å². The molecule has 0 aromatic heterocycles. The number of nitrogens with zero attached hydrogens (tertiary/aromatic N) is 2. The number of benzene rings is 1. The van der Waals surface area contributed by atoms with E-state index in [0.717, 1.165) is 24.3 Å². The molecule has 25 heavy (non-hydrogen) atoms. The van der Waals surface area contributed by atoms with E-state index < -0.39 is 47.3 Å². The summed E-state index contributed by atoms with van der Waals surface area (Å²) in [5, 5.41) is 0. The Labute approximate surface area is 142 Å². The Bertz CT molecular complexity index is 880. The molecule has 7 heteroatoms. The van der Waals surface area contributed by atoms with Crippen LogP contribution in [-0.4, -0.2) is 45.3 Å². The van der Waals surface area contributed by atoms with Gasteiger partial charge in [0.05, 0.1) is 6.04 Å². The number of alkyl halides is 1. The highest BCUT2D eigenvalue weighted by molar-refractivity contribution is 6.18. The zero-order chi connectivity index (χ0) is 18.1. The first-order valence-electron chi connectivity index (χ1n) is 7.95. The largest absolute Gasteiger partial charge is 0.340 e. The molecule has 3 aliphatic carbocycles. The maximum atomic E-state index is 16.2. The van der Waals surface area contributed by atoms with Gasteiger partial charge in [0, 0.05) is 25.7 Å². The van der Waals surface area contributed by atoms with Crippen molar-refractivity contribution in [1.29, 1.82) is 0 Å². The molecular weight excluding hydrogens is 327 g/mol. The van der Waals surface area contributed by atoms with Gasteiger partial charge in [-0.2, -0.15) is 4.90 Å². The number of hydrogen-bond donors (Lipinski definition) is 0. The van der Waals surface area contributed by atoms with Gasteiger partial charge in [-0.15, -0.1) is 0 Å². The number of carbonyl (C=O) groups excluding carboxylic acids is 4. The van der Waals surface area contributed by atoms with Gasteiger partial charge in [0.25, 0.3) is 5.91 Å². The van der Waals surface area contributed by atoms with Gasteiger partial charge in [-0.25, -0.2) is 9.18 Å². The fraction of sp³-hybridized carbons (Fsp3) is 0.333. The Hall–Kier alpha value is -2.83. The van der Waals surface area contributed by atoms with Gasteiger partial charge in [-0.1, -0.05) is 36.4 Å². The van der Waals surface area contributed by atoms with E-state index in [2.05, 4.69) is 0 Å². The van der Waals surface area contributed by atoms with E-state index in [1.54, 1.807) is 36.4 Å². The zero-order valence-corrected chi connectivity index (χ0v) is 13.6. The van der Waals surface area contributed by atoms with E-state index in [1.165, 1.54) is 0 Å². The topological polar surface area (TPSA) is 74.8 Å². The van der Waals surface area contributed by atoms with Crippen molar-refractivity contribution in [3.63, 3.8) is 0 Å². The highest BCUT2D eigenvalue weighted by Crippen LogP contribution is 2.56. The van der Waals surface area contributed by atoms with E-state index in [4.69, 9.17) is 0 Å². The summed E-state index contributed by atoms with van der Waals surface area (Å²) in [5.41, 5.74) is -1.13. The Morgan fingerprint density at radius 1 is 1.04 bits per heavy atom. The molecule has 1 fully saturated rings. The maximum absolute atomic E-state index is 16.2. The first-order chi connectivity index (χ1) is 11.8. The van der Waals surface area contributed by atoms with E-state index >= 15 is 4.39 Å². The van der Waals surface area contributed by atoms with Gasteiger partial charge in [0.15, 0.2) is 0 Å². The molecule has 1 heterocycles. The molecule has 4 atom stereocenters. The van der Waals surface area contributed by atoms with Crippen molar-refractivity contribution in [2.75, 3.05) is 0 Å². The number of rotatable bonds is 0. The molecule has 0 unspecified atom stereocenters. The first-order valence-corrected chi connectivity index (χ1v) is 7.95. The summed E-state index contributed by atoms with van der Waals surface area (Å²) in [6, 6.07) is 4.71. The summed E-state index contributed by atoms with van der Waals surface area (Å²) < 4.78 is 16.2. The van der Waals surface area contributed by atoms with Crippen molar-refractivity contribution in [2.24, 2.45) is 0 Å².